The van der Waals surface area contributed by atoms with Gasteiger partial charge in [-0.1, -0.05) is 12.1 Å². The number of hydrogen-bond acceptors (Lipinski definition) is 5. The van der Waals surface area contributed by atoms with E-state index in [4.69, 9.17) is 9.47 Å². The number of hydrogen-bond donors (Lipinski definition) is 1. The molecule has 1 aromatic carbocycles. The number of piperidine rings is 1. The van der Waals surface area contributed by atoms with E-state index in [1.54, 1.807) is 0 Å². The first kappa shape index (κ1) is 17.1. The van der Waals surface area contributed by atoms with Crippen molar-refractivity contribution in [2.75, 3.05) is 38.1 Å². The minimum Gasteiger partial charge on any atom is -0.489 e. The Balaban J connectivity index is 1.57. The molecule has 24 heavy (non-hydrogen) atoms. The van der Waals surface area contributed by atoms with Crippen LogP contribution in [0.15, 0.2) is 18.2 Å². The predicted octanol–water partition coefficient (Wildman–Crippen LogP) is 3.01. The highest BCUT2D eigenvalue weighted by Gasteiger charge is 2.27. The van der Waals surface area contributed by atoms with E-state index in [1.807, 2.05) is 20.8 Å². The van der Waals surface area contributed by atoms with Gasteiger partial charge in [-0.3, -0.25) is 9.69 Å². The molecule has 132 valence electrons. The fourth-order valence-electron chi connectivity index (χ4n) is 3.47. The number of carbonyl (C=O) groups excluding carboxylic acids is 1. The van der Waals surface area contributed by atoms with Gasteiger partial charge in [0, 0.05) is 6.54 Å². The Hall–Kier alpha value is -1.75. The van der Waals surface area contributed by atoms with Crippen molar-refractivity contribution in [1.29, 1.82) is 0 Å². The quantitative estimate of drug-likeness (QED) is 0.862. The zero-order valence-corrected chi connectivity index (χ0v) is 14.9. The topological polar surface area (TPSA) is 50.8 Å². The molecule has 0 radical (unpaired) electrons. The summed E-state index contributed by atoms with van der Waals surface area (Å²) < 4.78 is 11.3. The summed E-state index contributed by atoms with van der Waals surface area (Å²) in [6.07, 6.45) is 2.09. The van der Waals surface area contributed by atoms with Crippen molar-refractivity contribution in [3.63, 3.8) is 0 Å². The third kappa shape index (κ3) is 4.20. The molecule has 1 aromatic rings. The monoisotopic (exact) mass is 332 g/mol. The van der Waals surface area contributed by atoms with E-state index in [2.05, 4.69) is 28.4 Å². The fraction of sp³-hybridized carbons (Fsp3) is 0.632. The Kier molecular flexibility index (Phi) is 4.99. The summed E-state index contributed by atoms with van der Waals surface area (Å²) in [4.78, 5) is 14.2. The predicted molar refractivity (Wildman–Crippen MR) is 94.7 cm³/mol. The van der Waals surface area contributed by atoms with Gasteiger partial charge in [-0.05, 0) is 64.3 Å². The first-order valence-corrected chi connectivity index (χ1v) is 8.86. The summed E-state index contributed by atoms with van der Waals surface area (Å²) in [7, 11) is 0. The maximum atomic E-state index is 12.0. The van der Waals surface area contributed by atoms with E-state index in [-0.39, 0.29) is 5.97 Å². The highest BCUT2D eigenvalue weighted by molar-refractivity contribution is 5.72. The minimum atomic E-state index is -0.414. The molecule has 1 fully saturated rings. The molecule has 2 aliphatic heterocycles. The fourth-order valence-corrected chi connectivity index (χ4v) is 3.47. The van der Waals surface area contributed by atoms with Gasteiger partial charge in [0.1, 0.15) is 18.0 Å². The zero-order valence-electron chi connectivity index (χ0n) is 14.9. The number of esters is 1. The van der Waals surface area contributed by atoms with Gasteiger partial charge >= 0.3 is 5.97 Å². The van der Waals surface area contributed by atoms with E-state index in [0.717, 1.165) is 50.5 Å². The number of anilines is 1. The third-order valence-electron chi connectivity index (χ3n) is 4.51. The molecule has 0 unspecified atom stereocenters. The Labute approximate surface area is 144 Å². The van der Waals surface area contributed by atoms with Crippen LogP contribution in [0.25, 0.3) is 0 Å². The number of nitrogens with zero attached hydrogens (tertiary/aromatic N) is 1. The smallest absolute Gasteiger partial charge is 0.320 e. The van der Waals surface area contributed by atoms with Crippen molar-refractivity contribution in [1.82, 2.24) is 4.90 Å². The molecule has 2 aliphatic rings. The second-order valence-electron chi connectivity index (χ2n) is 7.64. The van der Waals surface area contributed by atoms with E-state index in [0.29, 0.717) is 12.5 Å². The SMILES string of the molecule is CC(C)(C)OC(=O)CN1CCC(c2cccc3c2OCCN3)CC1. The molecule has 0 bridgehead atoms. The van der Waals surface area contributed by atoms with Crippen LogP contribution in [-0.2, 0) is 9.53 Å². The Bertz CT molecular complexity index is 587. The van der Waals surface area contributed by atoms with Crippen LogP contribution in [-0.4, -0.2) is 49.3 Å². The minimum absolute atomic E-state index is 0.134. The lowest BCUT2D eigenvalue weighted by molar-refractivity contribution is -0.156. The lowest BCUT2D eigenvalue weighted by atomic mass is 9.88. The first-order chi connectivity index (χ1) is 11.4. The van der Waals surface area contributed by atoms with Gasteiger partial charge in [-0.2, -0.15) is 0 Å². The highest BCUT2D eigenvalue weighted by Crippen LogP contribution is 2.39. The number of rotatable bonds is 3. The van der Waals surface area contributed by atoms with Crippen molar-refractivity contribution in [3.05, 3.63) is 23.8 Å². The molecule has 0 aromatic heterocycles. The Morgan fingerprint density at radius 3 is 2.79 bits per heavy atom. The van der Waals surface area contributed by atoms with Gasteiger partial charge in [-0.15, -0.1) is 0 Å². The second-order valence-corrected chi connectivity index (χ2v) is 7.64. The van der Waals surface area contributed by atoms with Gasteiger partial charge in [0.05, 0.1) is 12.2 Å². The summed E-state index contributed by atoms with van der Waals surface area (Å²) in [5.74, 6) is 1.38. The number of carbonyl (C=O) groups is 1. The maximum absolute atomic E-state index is 12.0. The molecule has 0 aliphatic carbocycles. The number of fused-ring (bicyclic) bond motifs is 1. The van der Waals surface area contributed by atoms with Crippen LogP contribution < -0.4 is 10.1 Å². The Morgan fingerprint density at radius 2 is 2.08 bits per heavy atom. The summed E-state index contributed by atoms with van der Waals surface area (Å²) in [6, 6.07) is 6.36. The molecule has 0 spiro atoms. The molecule has 1 N–H and O–H groups in total. The third-order valence-corrected chi connectivity index (χ3v) is 4.51. The van der Waals surface area contributed by atoms with Crippen molar-refractivity contribution in [2.45, 2.75) is 45.1 Å². The molecule has 1 saturated heterocycles. The molecule has 0 amide bonds. The van der Waals surface area contributed by atoms with Crippen molar-refractivity contribution >= 4 is 11.7 Å². The van der Waals surface area contributed by atoms with Gasteiger partial charge in [0.2, 0.25) is 0 Å². The summed E-state index contributed by atoms with van der Waals surface area (Å²) >= 11 is 0. The van der Waals surface area contributed by atoms with E-state index in [9.17, 15) is 4.79 Å². The second kappa shape index (κ2) is 7.01. The highest BCUT2D eigenvalue weighted by atomic mass is 16.6. The van der Waals surface area contributed by atoms with Crippen LogP contribution in [0.3, 0.4) is 0 Å². The number of benzene rings is 1. The lowest BCUT2D eigenvalue weighted by Gasteiger charge is -2.33. The van der Waals surface area contributed by atoms with Gasteiger partial charge < -0.3 is 14.8 Å². The normalized spacial score (nSPS) is 19.1. The Morgan fingerprint density at radius 1 is 1.33 bits per heavy atom. The number of para-hydroxylation sites is 1. The van der Waals surface area contributed by atoms with Crippen molar-refractivity contribution in [2.24, 2.45) is 0 Å². The van der Waals surface area contributed by atoms with Gasteiger partial charge in [0.15, 0.2) is 0 Å². The largest absolute Gasteiger partial charge is 0.489 e. The number of nitrogens with one attached hydrogen (secondary N) is 1. The molecule has 3 rings (SSSR count). The maximum Gasteiger partial charge on any atom is 0.320 e. The van der Waals surface area contributed by atoms with E-state index >= 15 is 0 Å². The summed E-state index contributed by atoms with van der Waals surface area (Å²) in [5.41, 5.74) is 2.00. The molecule has 5 nitrogen and oxygen atoms in total. The van der Waals surface area contributed by atoms with Crippen LogP contribution in [0, 0.1) is 0 Å². The number of ether oxygens (including phenoxy) is 2. The summed E-state index contributed by atoms with van der Waals surface area (Å²) in [6.45, 7) is 9.53. The molecule has 0 atom stereocenters. The number of likely N-dealkylation sites (tertiary alicyclic amines) is 1. The van der Waals surface area contributed by atoms with Crippen molar-refractivity contribution in [3.8, 4) is 5.75 Å². The van der Waals surface area contributed by atoms with Crippen LogP contribution in [0.1, 0.15) is 45.1 Å². The van der Waals surface area contributed by atoms with Crippen LogP contribution in [0.4, 0.5) is 5.69 Å². The average molecular weight is 332 g/mol. The molecule has 2 heterocycles. The van der Waals surface area contributed by atoms with Crippen LogP contribution >= 0.6 is 0 Å². The van der Waals surface area contributed by atoms with Crippen LogP contribution in [0.2, 0.25) is 0 Å². The van der Waals surface area contributed by atoms with Crippen molar-refractivity contribution < 1.29 is 14.3 Å². The summed E-state index contributed by atoms with van der Waals surface area (Å²) in [5, 5.41) is 3.40. The van der Waals surface area contributed by atoms with Gasteiger partial charge in [0.25, 0.3) is 0 Å². The molecule has 0 saturated carbocycles. The van der Waals surface area contributed by atoms with Gasteiger partial charge in [-0.25, -0.2) is 0 Å². The lowest BCUT2D eigenvalue weighted by Crippen LogP contribution is -2.39. The molecular weight excluding hydrogens is 304 g/mol. The molecular formula is C19H28N2O3. The zero-order chi connectivity index (χ0) is 17.2. The first-order valence-electron chi connectivity index (χ1n) is 8.86. The molecule has 5 heteroatoms. The standard InChI is InChI=1S/C19H28N2O3/c1-19(2,3)24-17(22)13-21-10-7-14(8-11-21)15-5-4-6-16-18(15)23-12-9-20-16/h4-6,14,20H,7-13H2,1-3H3. The van der Waals surface area contributed by atoms with E-state index < -0.39 is 5.60 Å². The van der Waals surface area contributed by atoms with E-state index in [1.165, 1.54) is 5.56 Å². The average Bonchev–Trinajstić information content (AvgIpc) is 2.53. The van der Waals surface area contributed by atoms with Crippen LogP contribution in [0.5, 0.6) is 5.75 Å².